The average Bonchev–Trinajstić information content (AvgIpc) is 3.20. The van der Waals surface area contributed by atoms with Crippen LogP contribution < -0.4 is 9.47 Å². The van der Waals surface area contributed by atoms with Gasteiger partial charge in [-0.25, -0.2) is 0 Å². The fraction of sp³-hybridized carbons (Fsp3) is 0.667. The Hall–Kier alpha value is -1.75. The van der Waals surface area contributed by atoms with E-state index in [0.717, 1.165) is 36.7 Å². The van der Waals surface area contributed by atoms with Crippen molar-refractivity contribution in [3.8, 4) is 11.5 Å². The lowest BCUT2D eigenvalue weighted by Crippen LogP contribution is -2.43. The van der Waals surface area contributed by atoms with Crippen molar-refractivity contribution >= 4 is 5.91 Å². The molecule has 26 heavy (non-hydrogen) atoms. The predicted molar refractivity (Wildman–Crippen MR) is 102 cm³/mol. The second-order valence-electron chi connectivity index (χ2n) is 8.62. The van der Waals surface area contributed by atoms with Gasteiger partial charge in [0.15, 0.2) is 11.5 Å². The molecule has 1 aromatic carbocycles. The molecule has 144 valence electrons. The van der Waals surface area contributed by atoms with Gasteiger partial charge in [-0.3, -0.25) is 9.69 Å². The van der Waals surface area contributed by atoms with Crippen LogP contribution in [0, 0.1) is 5.41 Å². The molecule has 1 fully saturated rings. The largest absolute Gasteiger partial charge is 0.454 e. The molecule has 0 N–H and O–H groups in total. The zero-order valence-electron chi connectivity index (χ0n) is 16.6. The molecule has 1 aromatic rings. The second-order valence-corrected chi connectivity index (χ2v) is 8.62. The van der Waals surface area contributed by atoms with Gasteiger partial charge >= 0.3 is 0 Å². The fourth-order valence-electron chi connectivity index (χ4n) is 3.85. The molecule has 0 spiro atoms. The first-order valence-corrected chi connectivity index (χ1v) is 9.76. The summed E-state index contributed by atoms with van der Waals surface area (Å²) in [6.45, 7) is 12.5. The van der Waals surface area contributed by atoms with Gasteiger partial charge in [-0.2, -0.15) is 0 Å². The van der Waals surface area contributed by atoms with E-state index < -0.39 is 0 Å². The number of carbonyl (C=O) groups excluding carboxylic acids is 1. The third-order valence-electron chi connectivity index (χ3n) is 5.18. The molecule has 1 amide bonds. The van der Waals surface area contributed by atoms with Crippen molar-refractivity contribution in [1.29, 1.82) is 0 Å². The van der Waals surface area contributed by atoms with E-state index in [2.05, 4.69) is 32.6 Å². The summed E-state index contributed by atoms with van der Waals surface area (Å²) in [5.74, 6) is 1.80. The topological polar surface area (TPSA) is 42.0 Å². The van der Waals surface area contributed by atoms with Crippen LogP contribution in [-0.4, -0.2) is 48.2 Å². The summed E-state index contributed by atoms with van der Waals surface area (Å²) < 4.78 is 10.9. The van der Waals surface area contributed by atoms with Gasteiger partial charge in [0, 0.05) is 25.6 Å². The Morgan fingerprint density at radius 3 is 2.77 bits per heavy atom. The Morgan fingerprint density at radius 1 is 1.27 bits per heavy atom. The highest BCUT2D eigenvalue weighted by atomic mass is 16.7. The molecule has 0 unspecified atom stereocenters. The van der Waals surface area contributed by atoms with E-state index >= 15 is 0 Å². The Morgan fingerprint density at radius 2 is 2.04 bits per heavy atom. The van der Waals surface area contributed by atoms with Crippen LogP contribution in [0.4, 0.5) is 0 Å². The number of rotatable bonds is 6. The lowest BCUT2D eigenvalue weighted by Gasteiger charge is -2.32. The van der Waals surface area contributed by atoms with E-state index in [1.807, 2.05) is 23.1 Å². The lowest BCUT2D eigenvalue weighted by molar-refractivity contribution is -0.134. The van der Waals surface area contributed by atoms with Gasteiger partial charge in [-0.15, -0.1) is 0 Å². The lowest BCUT2D eigenvalue weighted by atomic mass is 9.91. The maximum atomic E-state index is 13.0. The van der Waals surface area contributed by atoms with Gasteiger partial charge in [0.05, 0.1) is 0 Å². The summed E-state index contributed by atoms with van der Waals surface area (Å²) in [4.78, 5) is 17.6. The molecule has 2 heterocycles. The molecule has 1 saturated heterocycles. The molecule has 3 rings (SSSR count). The maximum Gasteiger partial charge on any atom is 0.231 e. The third kappa shape index (κ3) is 4.70. The highest BCUT2D eigenvalue weighted by Gasteiger charge is 2.29. The van der Waals surface area contributed by atoms with Crippen molar-refractivity contribution in [3.05, 3.63) is 23.8 Å². The first-order chi connectivity index (χ1) is 12.4. The van der Waals surface area contributed by atoms with Crippen LogP contribution in [0.25, 0.3) is 0 Å². The minimum absolute atomic E-state index is 0.00958. The van der Waals surface area contributed by atoms with E-state index in [0.29, 0.717) is 19.0 Å². The Bertz CT molecular complexity index is 639. The SMILES string of the molecule is CCN1CCC[C@H]1CN(Cc1ccc2c(c1)OCO2)C(=O)CC(C)(C)C. The number of nitrogens with zero attached hydrogens (tertiary/aromatic N) is 2. The number of carbonyl (C=O) groups is 1. The van der Waals surface area contributed by atoms with Gasteiger partial charge in [-0.05, 0) is 49.0 Å². The first-order valence-electron chi connectivity index (χ1n) is 9.76. The number of hydrogen-bond acceptors (Lipinski definition) is 4. The molecule has 5 heteroatoms. The quantitative estimate of drug-likeness (QED) is 0.776. The van der Waals surface area contributed by atoms with Crippen LogP contribution in [0.5, 0.6) is 11.5 Å². The van der Waals surface area contributed by atoms with E-state index in [-0.39, 0.29) is 18.1 Å². The van der Waals surface area contributed by atoms with Crippen LogP contribution in [0.2, 0.25) is 0 Å². The van der Waals surface area contributed by atoms with Gasteiger partial charge in [0.25, 0.3) is 0 Å². The molecule has 2 aliphatic heterocycles. The number of likely N-dealkylation sites (tertiary alicyclic amines) is 1. The summed E-state index contributed by atoms with van der Waals surface area (Å²) in [5.41, 5.74) is 1.09. The van der Waals surface area contributed by atoms with E-state index in [1.165, 1.54) is 12.8 Å². The van der Waals surface area contributed by atoms with Crippen molar-refractivity contribution in [2.45, 2.75) is 59.5 Å². The molecular weight excluding hydrogens is 328 g/mol. The molecule has 2 aliphatic rings. The van der Waals surface area contributed by atoms with E-state index in [9.17, 15) is 4.79 Å². The van der Waals surface area contributed by atoms with Crippen LogP contribution >= 0.6 is 0 Å². The molecule has 5 nitrogen and oxygen atoms in total. The number of benzene rings is 1. The highest BCUT2D eigenvalue weighted by molar-refractivity contribution is 5.77. The standard InChI is InChI=1S/C21H32N2O3/c1-5-22-10-6-7-17(22)14-23(20(24)12-21(2,3)4)13-16-8-9-18-19(11-16)26-15-25-18/h8-9,11,17H,5-7,10,12-15H2,1-4H3/t17-/m0/s1. The minimum Gasteiger partial charge on any atom is -0.454 e. The molecule has 0 aliphatic carbocycles. The van der Waals surface area contributed by atoms with Crippen molar-refractivity contribution in [1.82, 2.24) is 9.80 Å². The van der Waals surface area contributed by atoms with Gasteiger partial charge < -0.3 is 14.4 Å². The van der Waals surface area contributed by atoms with Crippen molar-refractivity contribution < 1.29 is 14.3 Å². The molecule has 1 atom stereocenters. The highest BCUT2D eigenvalue weighted by Crippen LogP contribution is 2.33. The first kappa shape index (κ1) is 19.0. The molecule has 0 radical (unpaired) electrons. The molecule has 0 saturated carbocycles. The molecule has 0 bridgehead atoms. The smallest absolute Gasteiger partial charge is 0.231 e. The van der Waals surface area contributed by atoms with Gasteiger partial charge in [-0.1, -0.05) is 33.8 Å². The van der Waals surface area contributed by atoms with Crippen LogP contribution in [-0.2, 0) is 11.3 Å². The minimum atomic E-state index is -0.00958. The number of hydrogen-bond donors (Lipinski definition) is 0. The maximum absolute atomic E-state index is 13.0. The van der Waals surface area contributed by atoms with Crippen LogP contribution in [0.1, 0.15) is 52.5 Å². The second kappa shape index (κ2) is 7.87. The summed E-state index contributed by atoms with van der Waals surface area (Å²) in [5, 5.41) is 0. The van der Waals surface area contributed by atoms with Crippen molar-refractivity contribution in [3.63, 3.8) is 0 Å². The fourth-order valence-corrected chi connectivity index (χ4v) is 3.85. The number of likely N-dealkylation sites (N-methyl/N-ethyl adjacent to an activating group) is 1. The monoisotopic (exact) mass is 360 g/mol. The third-order valence-corrected chi connectivity index (χ3v) is 5.18. The summed E-state index contributed by atoms with van der Waals surface area (Å²) >= 11 is 0. The summed E-state index contributed by atoms with van der Waals surface area (Å²) in [6.07, 6.45) is 2.97. The van der Waals surface area contributed by atoms with Crippen molar-refractivity contribution in [2.24, 2.45) is 5.41 Å². The van der Waals surface area contributed by atoms with Crippen LogP contribution in [0.15, 0.2) is 18.2 Å². The summed E-state index contributed by atoms with van der Waals surface area (Å²) in [6, 6.07) is 6.46. The van der Waals surface area contributed by atoms with Crippen molar-refractivity contribution in [2.75, 3.05) is 26.4 Å². The Balaban J connectivity index is 1.74. The van der Waals surface area contributed by atoms with Gasteiger partial charge in [0.2, 0.25) is 12.7 Å². The Kier molecular flexibility index (Phi) is 5.76. The zero-order valence-corrected chi connectivity index (χ0v) is 16.6. The van der Waals surface area contributed by atoms with E-state index in [1.54, 1.807) is 0 Å². The van der Waals surface area contributed by atoms with Gasteiger partial charge in [0.1, 0.15) is 0 Å². The number of amides is 1. The molecular formula is C21H32N2O3. The summed E-state index contributed by atoms with van der Waals surface area (Å²) in [7, 11) is 0. The predicted octanol–water partition coefficient (Wildman–Crippen LogP) is 3.66. The van der Waals surface area contributed by atoms with Crippen LogP contribution in [0.3, 0.4) is 0 Å². The van der Waals surface area contributed by atoms with E-state index in [4.69, 9.17) is 9.47 Å². The normalized spacial score (nSPS) is 19.8. The number of fused-ring (bicyclic) bond motifs is 1. The average molecular weight is 360 g/mol. The molecule has 0 aromatic heterocycles. The Labute approximate surface area is 157 Å². The number of ether oxygens (including phenoxy) is 2. The zero-order chi connectivity index (χ0) is 18.7.